The van der Waals surface area contributed by atoms with Crippen molar-refractivity contribution in [2.75, 3.05) is 40.4 Å². The Morgan fingerprint density at radius 3 is 2.58 bits per heavy atom. The second kappa shape index (κ2) is 10.4. The van der Waals surface area contributed by atoms with Crippen molar-refractivity contribution in [1.82, 2.24) is 16.0 Å². The predicted molar refractivity (Wildman–Crippen MR) is 106 cm³/mol. The second-order valence-corrected chi connectivity index (χ2v) is 7.09. The van der Waals surface area contributed by atoms with Crippen LogP contribution in [0.15, 0.2) is 29.3 Å². The monoisotopic (exact) mass is 380 g/mol. The highest BCUT2D eigenvalue weighted by atomic mass is 35.5. The minimum atomic E-state index is -0.173. The Hall–Kier alpha value is -1.79. The number of ether oxygens (including phenoxy) is 1. The van der Waals surface area contributed by atoms with E-state index in [4.69, 9.17) is 16.3 Å². The molecule has 0 saturated heterocycles. The molecule has 0 bridgehead atoms. The molecule has 1 aliphatic rings. The third-order valence-corrected chi connectivity index (χ3v) is 5.26. The van der Waals surface area contributed by atoms with E-state index in [1.54, 1.807) is 38.4 Å². The summed E-state index contributed by atoms with van der Waals surface area (Å²) in [5.41, 5.74) is 0.813. The Morgan fingerprint density at radius 2 is 1.96 bits per heavy atom. The van der Waals surface area contributed by atoms with Crippen LogP contribution in [0, 0.1) is 5.41 Å². The first-order valence-corrected chi connectivity index (χ1v) is 9.44. The number of nitrogens with zero attached hydrogens (tertiary/aromatic N) is 1. The van der Waals surface area contributed by atoms with Crippen LogP contribution in [0.5, 0.6) is 0 Å². The van der Waals surface area contributed by atoms with Crippen LogP contribution in [0.2, 0.25) is 5.02 Å². The molecule has 144 valence electrons. The molecule has 0 aliphatic heterocycles. The van der Waals surface area contributed by atoms with E-state index in [1.165, 1.54) is 19.3 Å². The maximum absolute atomic E-state index is 12.1. The van der Waals surface area contributed by atoms with E-state index in [9.17, 15) is 4.79 Å². The molecule has 0 spiro atoms. The van der Waals surface area contributed by atoms with Gasteiger partial charge in [-0.15, -0.1) is 0 Å². The van der Waals surface area contributed by atoms with Gasteiger partial charge in [0.15, 0.2) is 5.96 Å². The SMILES string of the molecule is CN=C(NCCNC(=O)c1ccccc1Cl)NCC1(CCOC)CCC1. The Labute approximate surface area is 160 Å². The molecule has 1 amide bonds. The summed E-state index contributed by atoms with van der Waals surface area (Å²) in [4.78, 5) is 16.4. The molecule has 0 atom stereocenters. The molecule has 26 heavy (non-hydrogen) atoms. The predicted octanol–water partition coefficient (Wildman–Crippen LogP) is 2.44. The first-order valence-electron chi connectivity index (χ1n) is 9.06. The second-order valence-electron chi connectivity index (χ2n) is 6.68. The number of guanidine groups is 1. The highest BCUT2D eigenvalue weighted by Gasteiger charge is 2.36. The van der Waals surface area contributed by atoms with Crippen molar-refractivity contribution < 1.29 is 9.53 Å². The van der Waals surface area contributed by atoms with Gasteiger partial charge in [-0.2, -0.15) is 0 Å². The lowest BCUT2D eigenvalue weighted by Gasteiger charge is -2.42. The van der Waals surface area contributed by atoms with Crippen LogP contribution in [0.4, 0.5) is 0 Å². The molecule has 1 aromatic rings. The zero-order chi connectivity index (χ0) is 18.8. The zero-order valence-electron chi connectivity index (χ0n) is 15.6. The maximum atomic E-state index is 12.1. The fourth-order valence-corrected chi connectivity index (χ4v) is 3.32. The maximum Gasteiger partial charge on any atom is 0.252 e. The first-order chi connectivity index (χ1) is 12.6. The number of aliphatic imine (C=N–C) groups is 1. The molecule has 0 unspecified atom stereocenters. The summed E-state index contributed by atoms with van der Waals surface area (Å²) in [5.74, 6) is 0.578. The van der Waals surface area contributed by atoms with Gasteiger partial charge >= 0.3 is 0 Å². The van der Waals surface area contributed by atoms with Crippen LogP contribution in [0.1, 0.15) is 36.0 Å². The van der Waals surface area contributed by atoms with Crippen molar-refractivity contribution in [2.45, 2.75) is 25.7 Å². The number of nitrogens with one attached hydrogen (secondary N) is 3. The molecular formula is C19H29ClN4O2. The molecular weight excluding hydrogens is 352 g/mol. The van der Waals surface area contributed by atoms with E-state index in [1.807, 2.05) is 0 Å². The highest BCUT2D eigenvalue weighted by molar-refractivity contribution is 6.33. The number of methoxy groups -OCH3 is 1. The van der Waals surface area contributed by atoms with E-state index >= 15 is 0 Å². The normalized spacial score (nSPS) is 15.9. The van der Waals surface area contributed by atoms with Crippen LogP contribution >= 0.6 is 11.6 Å². The summed E-state index contributed by atoms with van der Waals surface area (Å²) in [7, 11) is 3.50. The van der Waals surface area contributed by atoms with Crippen LogP contribution in [-0.2, 0) is 4.74 Å². The Kier molecular flexibility index (Phi) is 8.19. The number of benzene rings is 1. The molecule has 1 aliphatic carbocycles. The lowest BCUT2D eigenvalue weighted by Crippen LogP contribution is -2.48. The van der Waals surface area contributed by atoms with Gasteiger partial charge in [-0.1, -0.05) is 30.2 Å². The fraction of sp³-hybridized carbons (Fsp3) is 0.579. The van der Waals surface area contributed by atoms with Crippen LogP contribution in [0.3, 0.4) is 0 Å². The summed E-state index contributed by atoms with van der Waals surface area (Å²) < 4.78 is 5.23. The summed E-state index contributed by atoms with van der Waals surface area (Å²) >= 11 is 6.03. The van der Waals surface area contributed by atoms with Crippen molar-refractivity contribution in [1.29, 1.82) is 0 Å². The van der Waals surface area contributed by atoms with Crippen molar-refractivity contribution in [3.63, 3.8) is 0 Å². The standard InChI is InChI=1S/C19H29ClN4O2/c1-21-18(24-14-19(8-5-9-19)10-13-26-2)23-12-11-22-17(25)15-6-3-4-7-16(15)20/h3-4,6-7H,5,8-14H2,1-2H3,(H,22,25)(H2,21,23,24). The molecule has 6 nitrogen and oxygen atoms in total. The number of rotatable bonds is 9. The number of halogens is 1. The lowest BCUT2D eigenvalue weighted by molar-refractivity contribution is 0.0732. The van der Waals surface area contributed by atoms with Gasteiger partial charge in [0.1, 0.15) is 0 Å². The van der Waals surface area contributed by atoms with Gasteiger partial charge in [0.2, 0.25) is 0 Å². The van der Waals surface area contributed by atoms with Crippen LogP contribution in [0.25, 0.3) is 0 Å². The van der Waals surface area contributed by atoms with Gasteiger partial charge < -0.3 is 20.7 Å². The molecule has 1 fully saturated rings. The minimum Gasteiger partial charge on any atom is -0.385 e. The third-order valence-electron chi connectivity index (χ3n) is 4.93. The van der Waals surface area contributed by atoms with Gasteiger partial charge in [-0.3, -0.25) is 9.79 Å². The molecule has 1 aromatic carbocycles. The zero-order valence-corrected chi connectivity index (χ0v) is 16.4. The largest absolute Gasteiger partial charge is 0.385 e. The highest BCUT2D eigenvalue weighted by Crippen LogP contribution is 2.43. The number of carbonyl (C=O) groups excluding carboxylic acids is 1. The number of hydrogen-bond donors (Lipinski definition) is 3. The van der Waals surface area contributed by atoms with Crippen LogP contribution in [-0.4, -0.2) is 52.3 Å². The van der Waals surface area contributed by atoms with Crippen LogP contribution < -0.4 is 16.0 Å². The van der Waals surface area contributed by atoms with Crippen molar-refractivity contribution in [3.05, 3.63) is 34.9 Å². The molecule has 3 N–H and O–H groups in total. The third kappa shape index (κ3) is 5.88. The van der Waals surface area contributed by atoms with E-state index in [0.29, 0.717) is 29.1 Å². The smallest absolute Gasteiger partial charge is 0.252 e. The number of carbonyl (C=O) groups is 1. The van der Waals surface area contributed by atoms with Gasteiger partial charge in [0.25, 0.3) is 5.91 Å². The van der Waals surface area contributed by atoms with E-state index < -0.39 is 0 Å². The van der Waals surface area contributed by atoms with Gasteiger partial charge in [0.05, 0.1) is 10.6 Å². The number of hydrogen-bond acceptors (Lipinski definition) is 3. The first kappa shape index (κ1) is 20.5. The molecule has 7 heteroatoms. The van der Waals surface area contributed by atoms with E-state index in [0.717, 1.165) is 25.5 Å². The van der Waals surface area contributed by atoms with Crippen molar-refractivity contribution in [3.8, 4) is 0 Å². The van der Waals surface area contributed by atoms with Gasteiger partial charge in [-0.25, -0.2) is 0 Å². The molecule has 2 rings (SSSR count). The molecule has 1 saturated carbocycles. The van der Waals surface area contributed by atoms with Crippen molar-refractivity contribution in [2.24, 2.45) is 10.4 Å². The summed E-state index contributed by atoms with van der Waals surface area (Å²) in [6, 6.07) is 7.02. The lowest BCUT2D eigenvalue weighted by atomic mass is 9.67. The molecule has 0 radical (unpaired) electrons. The molecule has 0 heterocycles. The fourth-order valence-electron chi connectivity index (χ4n) is 3.10. The average Bonchev–Trinajstić information content (AvgIpc) is 2.62. The van der Waals surface area contributed by atoms with E-state index in [-0.39, 0.29) is 5.91 Å². The van der Waals surface area contributed by atoms with Crippen molar-refractivity contribution >= 4 is 23.5 Å². The number of amides is 1. The van der Waals surface area contributed by atoms with Gasteiger partial charge in [-0.05, 0) is 36.8 Å². The summed E-state index contributed by atoms with van der Waals surface area (Å²) in [5, 5.41) is 9.94. The quantitative estimate of drug-likeness (QED) is 0.349. The average molecular weight is 381 g/mol. The molecule has 0 aromatic heterocycles. The Morgan fingerprint density at radius 1 is 1.23 bits per heavy atom. The topological polar surface area (TPSA) is 74.8 Å². The van der Waals surface area contributed by atoms with E-state index in [2.05, 4.69) is 20.9 Å². The Balaban J connectivity index is 1.69. The summed E-state index contributed by atoms with van der Waals surface area (Å²) in [6.45, 7) is 2.75. The summed E-state index contributed by atoms with van der Waals surface area (Å²) in [6.07, 6.45) is 4.81. The Bertz CT molecular complexity index is 617. The minimum absolute atomic E-state index is 0.173. The van der Waals surface area contributed by atoms with Gasteiger partial charge in [0, 0.05) is 40.4 Å².